The summed E-state index contributed by atoms with van der Waals surface area (Å²) in [6, 6.07) is 3.95. The van der Waals surface area contributed by atoms with Gasteiger partial charge in [0.15, 0.2) is 0 Å². The van der Waals surface area contributed by atoms with E-state index in [2.05, 4.69) is 5.10 Å². The Kier molecular flexibility index (Phi) is 3.85. The van der Waals surface area contributed by atoms with Crippen LogP contribution in [0.4, 0.5) is 4.79 Å². The molecular formula is C10H14N2O2S. The zero-order valence-electron chi connectivity index (χ0n) is 9.02. The van der Waals surface area contributed by atoms with Gasteiger partial charge in [-0.3, -0.25) is 0 Å². The summed E-state index contributed by atoms with van der Waals surface area (Å²) >= 11 is 1.61. The maximum absolute atomic E-state index is 10.7. The highest BCUT2D eigenvalue weighted by atomic mass is 32.1. The predicted molar refractivity (Wildman–Crippen MR) is 61.7 cm³/mol. The SMILES string of the molecule is CCN(N=C(C)c1ccc(C)s1)C(=O)O. The summed E-state index contributed by atoms with van der Waals surface area (Å²) in [6.07, 6.45) is -1.02. The van der Waals surface area contributed by atoms with Gasteiger partial charge in [-0.2, -0.15) is 10.1 Å². The van der Waals surface area contributed by atoms with E-state index in [0.29, 0.717) is 6.54 Å². The van der Waals surface area contributed by atoms with Crippen LogP contribution in [0.2, 0.25) is 0 Å². The van der Waals surface area contributed by atoms with E-state index in [1.54, 1.807) is 18.3 Å². The Balaban J connectivity index is 2.87. The van der Waals surface area contributed by atoms with Crippen molar-refractivity contribution >= 4 is 23.1 Å². The molecule has 0 bridgehead atoms. The van der Waals surface area contributed by atoms with E-state index in [9.17, 15) is 4.79 Å². The van der Waals surface area contributed by atoms with E-state index >= 15 is 0 Å². The smallest absolute Gasteiger partial charge is 0.427 e. The van der Waals surface area contributed by atoms with E-state index in [0.717, 1.165) is 15.6 Å². The second-order valence-electron chi connectivity index (χ2n) is 3.09. The van der Waals surface area contributed by atoms with Crippen LogP contribution in [-0.4, -0.2) is 28.5 Å². The Labute approximate surface area is 92.8 Å². The van der Waals surface area contributed by atoms with Gasteiger partial charge < -0.3 is 5.11 Å². The molecule has 1 aromatic rings. The van der Waals surface area contributed by atoms with Crippen LogP contribution in [0, 0.1) is 6.92 Å². The fourth-order valence-electron chi connectivity index (χ4n) is 1.11. The number of amides is 1. The van der Waals surface area contributed by atoms with Crippen LogP contribution in [0.15, 0.2) is 17.2 Å². The van der Waals surface area contributed by atoms with Crippen LogP contribution < -0.4 is 0 Å². The fraction of sp³-hybridized carbons (Fsp3) is 0.400. The first kappa shape index (κ1) is 11.7. The molecule has 0 radical (unpaired) electrons. The second kappa shape index (κ2) is 4.93. The number of nitrogens with zero attached hydrogens (tertiary/aromatic N) is 2. The van der Waals surface area contributed by atoms with Gasteiger partial charge in [-0.15, -0.1) is 11.3 Å². The first-order chi connectivity index (χ1) is 7.04. The Morgan fingerprint density at radius 2 is 2.27 bits per heavy atom. The maximum Gasteiger partial charge on any atom is 0.427 e. The highest BCUT2D eigenvalue weighted by Crippen LogP contribution is 2.16. The molecule has 0 aliphatic carbocycles. The van der Waals surface area contributed by atoms with Crippen LogP contribution in [0.3, 0.4) is 0 Å². The summed E-state index contributed by atoms with van der Waals surface area (Å²) in [5, 5.41) is 13.9. The van der Waals surface area contributed by atoms with Gasteiger partial charge in [0.1, 0.15) is 0 Å². The van der Waals surface area contributed by atoms with Gasteiger partial charge in [-0.25, -0.2) is 4.79 Å². The molecule has 5 heteroatoms. The summed E-state index contributed by atoms with van der Waals surface area (Å²) in [5.41, 5.74) is 0.734. The molecule has 0 atom stereocenters. The molecule has 4 nitrogen and oxygen atoms in total. The molecule has 1 N–H and O–H groups in total. The van der Waals surface area contributed by atoms with E-state index < -0.39 is 6.09 Å². The number of hydrogen-bond donors (Lipinski definition) is 1. The van der Waals surface area contributed by atoms with E-state index in [1.165, 1.54) is 4.88 Å². The maximum atomic E-state index is 10.7. The van der Waals surface area contributed by atoms with E-state index in [-0.39, 0.29) is 0 Å². The lowest BCUT2D eigenvalue weighted by Gasteiger charge is -2.10. The zero-order chi connectivity index (χ0) is 11.4. The number of aryl methyl sites for hydroxylation is 1. The molecule has 1 amide bonds. The number of carboxylic acid groups (broad SMARTS) is 1. The average molecular weight is 226 g/mol. The third-order valence-electron chi connectivity index (χ3n) is 1.89. The van der Waals surface area contributed by atoms with Crippen molar-refractivity contribution in [3.05, 3.63) is 21.9 Å². The summed E-state index contributed by atoms with van der Waals surface area (Å²) in [4.78, 5) is 12.9. The molecule has 0 aliphatic rings. The molecule has 1 aromatic heterocycles. The number of hydrogen-bond acceptors (Lipinski definition) is 3. The van der Waals surface area contributed by atoms with E-state index in [1.807, 2.05) is 26.0 Å². The average Bonchev–Trinajstić information content (AvgIpc) is 2.60. The van der Waals surface area contributed by atoms with Crippen molar-refractivity contribution < 1.29 is 9.90 Å². The molecule has 0 spiro atoms. The number of hydrazone groups is 1. The normalized spacial score (nSPS) is 11.5. The van der Waals surface area contributed by atoms with Crippen molar-refractivity contribution in [1.29, 1.82) is 0 Å². The minimum Gasteiger partial charge on any atom is -0.464 e. The van der Waals surface area contributed by atoms with Crippen LogP contribution in [-0.2, 0) is 0 Å². The second-order valence-corrected chi connectivity index (χ2v) is 4.38. The highest BCUT2D eigenvalue weighted by molar-refractivity contribution is 7.14. The molecule has 0 saturated heterocycles. The van der Waals surface area contributed by atoms with Gasteiger partial charge in [0.25, 0.3) is 0 Å². The molecule has 15 heavy (non-hydrogen) atoms. The van der Waals surface area contributed by atoms with E-state index in [4.69, 9.17) is 5.11 Å². The van der Waals surface area contributed by atoms with Crippen molar-refractivity contribution in [1.82, 2.24) is 5.01 Å². The molecule has 1 rings (SSSR count). The lowest BCUT2D eigenvalue weighted by atomic mass is 10.3. The first-order valence-corrected chi connectivity index (χ1v) is 5.48. The topological polar surface area (TPSA) is 52.9 Å². The molecule has 0 unspecified atom stereocenters. The lowest BCUT2D eigenvalue weighted by molar-refractivity contribution is 0.149. The number of thiophene rings is 1. The predicted octanol–water partition coefficient (Wildman–Crippen LogP) is 2.78. The molecule has 0 saturated carbocycles. The minimum atomic E-state index is -1.02. The van der Waals surface area contributed by atoms with Gasteiger partial charge in [-0.05, 0) is 32.9 Å². The molecule has 0 aromatic carbocycles. The molecule has 1 heterocycles. The quantitative estimate of drug-likeness (QED) is 0.636. The summed E-state index contributed by atoms with van der Waals surface area (Å²) < 4.78 is 0. The minimum absolute atomic E-state index is 0.358. The largest absolute Gasteiger partial charge is 0.464 e. The van der Waals surface area contributed by atoms with Crippen molar-refractivity contribution in [2.45, 2.75) is 20.8 Å². The van der Waals surface area contributed by atoms with Gasteiger partial charge in [0.05, 0.1) is 10.6 Å². The van der Waals surface area contributed by atoms with Crippen molar-refractivity contribution in [2.75, 3.05) is 6.54 Å². The first-order valence-electron chi connectivity index (χ1n) is 4.67. The number of carbonyl (C=O) groups is 1. The Morgan fingerprint density at radius 3 is 2.67 bits per heavy atom. The van der Waals surface area contributed by atoms with Crippen molar-refractivity contribution in [2.24, 2.45) is 5.10 Å². The molecule has 0 fully saturated rings. The lowest BCUT2D eigenvalue weighted by Crippen LogP contribution is -2.24. The van der Waals surface area contributed by atoms with Gasteiger partial charge in [-0.1, -0.05) is 0 Å². The van der Waals surface area contributed by atoms with Gasteiger partial charge in [0.2, 0.25) is 0 Å². The Hall–Kier alpha value is -1.36. The van der Waals surface area contributed by atoms with Crippen LogP contribution in [0.1, 0.15) is 23.6 Å². The Bertz CT molecular complexity index is 385. The third-order valence-corrected chi connectivity index (χ3v) is 3.00. The Morgan fingerprint density at radius 1 is 1.60 bits per heavy atom. The molecule has 82 valence electrons. The third kappa shape index (κ3) is 3.06. The zero-order valence-corrected chi connectivity index (χ0v) is 9.84. The molecular weight excluding hydrogens is 212 g/mol. The van der Waals surface area contributed by atoms with Crippen LogP contribution in [0.5, 0.6) is 0 Å². The molecule has 0 aliphatic heterocycles. The highest BCUT2D eigenvalue weighted by Gasteiger charge is 2.09. The van der Waals surface area contributed by atoms with Crippen LogP contribution >= 0.6 is 11.3 Å². The standard InChI is InChI=1S/C10H14N2O2S/c1-4-12(10(13)14)11-8(3)9-6-5-7(2)15-9/h5-6H,4H2,1-3H3,(H,13,14). The summed E-state index contributed by atoms with van der Waals surface area (Å²) in [7, 11) is 0. The summed E-state index contributed by atoms with van der Waals surface area (Å²) in [5.74, 6) is 0. The van der Waals surface area contributed by atoms with Crippen molar-refractivity contribution in [3.8, 4) is 0 Å². The monoisotopic (exact) mass is 226 g/mol. The fourth-order valence-corrected chi connectivity index (χ4v) is 1.92. The van der Waals surface area contributed by atoms with Gasteiger partial charge >= 0.3 is 6.09 Å². The van der Waals surface area contributed by atoms with Gasteiger partial charge in [0, 0.05) is 11.4 Å². The number of rotatable bonds is 3. The van der Waals surface area contributed by atoms with Crippen LogP contribution in [0.25, 0.3) is 0 Å². The summed E-state index contributed by atoms with van der Waals surface area (Å²) in [6.45, 7) is 5.94. The van der Waals surface area contributed by atoms with Crippen molar-refractivity contribution in [3.63, 3.8) is 0 Å².